The molecule has 1 fully saturated rings. The summed E-state index contributed by atoms with van der Waals surface area (Å²) < 4.78 is 26.6. The lowest BCUT2D eigenvalue weighted by Gasteiger charge is -2.17. The predicted molar refractivity (Wildman–Crippen MR) is 84.5 cm³/mol. The first-order valence-corrected chi connectivity index (χ1v) is 8.68. The standard InChI is InChI=1S/C15H20N2O5S/c1-9-4-5-12(6-14(9)16-11(3)18)23(21,22)17-7-10(2)13(8-17)15(19)20/h4-6,10,13H,7-8H2,1-3H3,(H,16,18)(H,19,20)/t10-,13-/m1/s1. The molecular weight excluding hydrogens is 320 g/mol. The molecule has 1 aromatic carbocycles. The summed E-state index contributed by atoms with van der Waals surface area (Å²) in [4.78, 5) is 22.4. The minimum Gasteiger partial charge on any atom is -0.481 e. The van der Waals surface area contributed by atoms with Crippen molar-refractivity contribution in [2.75, 3.05) is 18.4 Å². The van der Waals surface area contributed by atoms with Gasteiger partial charge in [-0.3, -0.25) is 9.59 Å². The molecule has 0 spiro atoms. The zero-order valence-corrected chi connectivity index (χ0v) is 14.1. The molecular formula is C15H20N2O5S. The number of carbonyl (C=O) groups is 2. The third kappa shape index (κ3) is 3.53. The Morgan fingerprint density at radius 3 is 2.48 bits per heavy atom. The molecule has 0 radical (unpaired) electrons. The summed E-state index contributed by atoms with van der Waals surface area (Å²) >= 11 is 0. The van der Waals surface area contributed by atoms with Gasteiger partial charge in [0.2, 0.25) is 15.9 Å². The molecule has 1 aromatic rings. The molecule has 0 aliphatic carbocycles. The molecule has 1 saturated heterocycles. The number of rotatable bonds is 4. The van der Waals surface area contributed by atoms with Gasteiger partial charge in [0.15, 0.2) is 0 Å². The van der Waals surface area contributed by atoms with Gasteiger partial charge in [0, 0.05) is 25.7 Å². The van der Waals surface area contributed by atoms with E-state index in [1.165, 1.54) is 23.4 Å². The number of anilines is 1. The highest BCUT2D eigenvalue weighted by Crippen LogP contribution is 2.30. The van der Waals surface area contributed by atoms with Crippen LogP contribution in [0.5, 0.6) is 0 Å². The Kier molecular flexibility index (Phi) is 4.76. The second-order valence-corrected chi connectivity index (χ2v) is 7.84. The number of hydrogen-bond donors (Lipinski definition) is 2. The molecule has 1 amide bonds. The molecule has 0 aromatic heterocycles. The summed E-state index contributed by atoms with van der Waals surface area (Å²) in [6.07, 6.45) is 0. The monoisotopic (exact) mass is 340 g/mol. The van der Waals surface area contributed by atoms with Gasteiger partial charge in [-0.15, -0.1) is 0 Å². The van der Waals surface area contributed by atoms with Crippen LogP contribution in [0.2, 0.25) is 0 Å². The van der Waals surface area contributed by atoms with Crippen molar-refractivity contribution in [3.8, 4) is 0 Å². The maximum absolute atomic E-state index is 12.7. The van der Waals surface area contributed by atoms with Gasteiger partial charge in [0.05, 0.1) is 10.8 Å². The number of carboxylic acid groups (broad SMARTS) is 1. The smallest absolute Gasteiger partial charge is 0.308 e. The second kappa shape index (κ2) is 6.29. The van der Waals surface area contributed by atoms with E-state index >= 15 is 0 Å². The van der Waals surface area contributed by atoms with E-state index in [0.29, 0.717) is 5.69 Å². The quantitative estimate of drug-likeness (QED) is 0.860. The largest absolute Gasteiger partial charge is 0.481 e. The molecule has 0 unspecified atom stereocenters. The number of nitrogens with one attached hydrogen (secondary N) is 1. The highest BCUT2D eigenvalue weighted by molar-refractivity contribution is 7.89. The van der Waals surface area contributed by atoms with Gasteiger partial charge in [-0.05, 0) is 30.5 Å². The van der Waals surface area contributed by atoms with Crippen LogP contribution < -0.4 is 5.32 Å². The van der Waals surface area contributed by atoms with E-state index in [9.17, 15) is 18.0 Å². The predicted octanol–water partition coefficient (Wildman–Crippen LogP) is 1.29. The fourth-order valence-corrected chi connectivity index (χ4v) is 4.27. The van der Waals surface area contributed by atoms with Crippen molar-refractivity contribution >= 4 is 27.6 Å². The SMILES string of the molecule is CC(=O)Nc1cc(S(=O)(=O)N2C[C@@H](C)[C@H](C(=O)O)C2)ccc1C. The fraction of sp³-hybridized carbons (Fsp3) is 0.467. The topological polar surface area (TPSA) is 104 Å². The summed E-state index contributed by atoms with van der Waals surface area (Å²) in [5.41, 5.74) is 1.18. The van der Waals surface area contributed by atoms with Crippen LogP contribution in [0.15, 0.2) is 23.1 Å². The molecule has 1 heterocycles. The van der Waals surface area contributed by atoms with Crippen molar-refractivity contribution in [1.29, 1.82) is 0 Å². The zero-order chi connectivity index (χ0) is 17.4. The maximum Gasteiger partial charge on any atom is 0.308 e. The number of carboxylic acids is 1. The maximum atomic E-state index is 12.7. The lowest BCUT2D eigenvalue weighted by molar-refractivity contribution is -0.142. The normalized spacial score (nSPS) is 22.0. The first-order chi connectivity index (χ1) is 10.6. The van der Waals surface area contributed by atoms with Crippen LogP contribution in [0.3, 0.4) is 0 Å². The Balaban J connectivity index is 2.34. The van der Waals surface area contributed by atoms with Gasteiger partial charge in [-0.2, -0.15) is 4.31 Å². The van der Waals surface area contributed by atoms with Crippen LogP contribution in [-0.4, -0.2) is 42.8 Å². The van der Waals surface area contributed by atoms with E-state index in [0.717, 1.165) is 5.56 Å². The number of hydrogen-bond acceptors (Lipinski definition) is 4. The van der Waals surface area contributed by atoms with Gasteiger partial charge >= 0.3 is 5.97 Å². The minimum atomic E-state index is -3.79. The molecule has 2 atom stereocenters. The highest BCUT2D eigenvalue weighted by atomic mass is 32.2. The van der Waals surface area contributed by atoms with Crippen LogP contribution >= 0.6 is 0 Å². The van der Waals surface area contributed by atoms with Crippen LogP contribution in [0.4, 0.5) is 5.69 Å². The number of amides is 1. The second-order valence-electron chi connectivity index (χ2n) is 5.90. The van der Waals surface area contributed by atoms with Gasteiger partial charge < -0.3 is 10.4 Å². The molecule has 1 aliphatic heterocycles. The van der Waals surface area contributed by atoms with Crippen molar-refractivity contribution in [2.24, 2.45) is 11.8 Å². The molecule has 0 saturated carbocycles. The van der Waals surface area contributed by atoms with E-state index in [-0.39, 0.29) is 29.8 Å². The molecule has 1 aliphatic rings. The summed E-state index contributed by atoms with van der Waals surface area (Å²) in [5, 5.41) is 11.7. The van der Waals surface area contributed by atoms with Crippen LogP contribution in [0.1, 0.15) is 19.4 Å². The average Bonchev–Trinajstić information content (AvgIpc) is 2.83. The van der Waals surface area contributed by atoms with E-state index in [2.05, 4.69) is 5.32 Å². The van der Waals surface area contributed by atoms with E-state index < -0.39 is 21.9 Å². The lowest BCUT2D eigenvalue weighted by atomic mass is 9.99. The Labute approximate surface area is 135 Å². The molecule has 23 heavy (non-hydrogen) atoms. The highest BCUT2D eigenvalue weighted by Gasteiger charge is 2.40. The summed E-state index contributed by atoms with van der Waals surface area (Å²) in [5.74, 6) is -2.23. The molecule has 2 N–H and O–H groups in total. The lowest BCUT2D eigenvalue weighted by Crippen LogP contribution is -2.30. The van der Waals surface area contributed by atoms with Gasteiger partial charge in [-0.25, -0.2) is 8.42 Å². The summed E-state index contributed by atoms with van der Waals surface area (Å²) in [7, 11) is -3.79. The first-order valence-electron chi connectivity index (χ1n) is 7.24. The molecule has 0 bridgehead atoms. The number of sulfonamides is 1. The summed E-state index contributed by atoms with van der Waals surface area (Å²) in [6.45, 7) is 4.97. The summed E-state index contributed by atoms with van der Waals surface area (Å²) in [6, 6.07) is 4.49. The Morgan fingerprint density at radius 1 is 1.30 bits per heavy atom. The van der Waals surface area contributed by atoms with Crippen molar-refractivity contribution in [3.63, 3.8) is 0 Å². The number of benzene rings is 1. The number of carbonyl (C=O) groups excluding carboxylic acids is 1. The van der Waals surface area contributed by atoms with Crippen molar-refractivity contribution in [3.05, 3.63) is 23.8 Å². The molecule has 2 rings (SSSR count). The van der Waals surface area contributed by atoms with Crippen LogP contribution in [0.25, 0.3) is 0 Å². The third-order valence-corrected chi connectivity index (χ3v) is 5.88. The van der Waals surface area contributed by atoms with Crippen molar-refractivity contribution in [1.82, 2.24) is 4.31 Å². The minimum absolute atomic E-state index is 0.0395. The van der Waals surface area contributed by atoms with Gasteiger partial charge in [0.1, 0.15) is 0 Å². The average molecular weight is 340 g/mol. The number of nitrogens with zero attached hydrogens (tertiary/aromatic N) is 1. The number of aliphatic carboxylic acids is 1. The Hall–Kier alpha value is -1.93. The molecule has 7 nitrogen and oxygen atoms in total. The fourth-order valence-electron chi connectivity index (χ4n) is 2.68. The Bertz CT molecular complexity index is 744. The van der Waals surface area contributed by atoms with E-state index in [1.54, 1.807) is 19.9 Å². The van der Waals surface area contributed by atoms with Crippen molar-refractivity contribution < 1.29 is 23.1 Å². The van der Waals surface area contributed by atoms with Gasteiger partial charge in [-0.1, -0.05) is 13.0 Å². The zero-order valence-electron chi connectivity index (χ0n) is 13.2. The van der Waals surface area contributed by atoms with E-state index in [1.807, 2.05) is 0 Å². The van der Waals surface area contributed by atoms with E-state index in [4.69, 9.17) is 5.11 Å². The van der Waals surface area contributed by atoms with Crippen LogP contribution in [-0.2, 0) is 19.6 Å². The van der Waals surface area contributed by atoms with Crippen molar-refractivity contribution in [2.45, 2.75) is 25.7 Å². The first kappa shape index (κ1) is 17.4. The molecule has 126 valence electrons. The van der Waals surface area contributed by atoms with Gasteiger partial charge in [0.25, 0.3) is 0 Å². The molecule has 8 heteroatoms. The van der Waals surface area contributed by atoms with Crippen LogP contribution in [0, 0.1) is 18.8 Å². The Morgan fingerprint density at radius 2 is 1.96 bits per heavy atom. The number of aryl methyl sites for hydroxylation is 1. The third-order valence-electron chi connectivity index (χ3n) is 4.05.